The molecule has 0 saturated carbocycles. The SMILES string of the molecule is C=C(C)c1cnc2c(NCc3cccnc3-c3ccnn3C)nc(N3CCC(N)CC3)nn12. The van der Waals surface area contributed by atoms with Crippen LogP contribution in [0.2, 0.25) is 0 Å². The van der Waals surface area contributed by atoms with Crippen LogP contribution in [-0.2, 0) is 13.6 Å². The molecule has 5 rings (SSSR count). The van der Waals surface area contributed by atoms with E-state index in [0.29, 0.717) is 24.0 Å². The number of anilines is 2. The lowest BCUT2D eigenvalue weighted by Gasteiger charge is -2.30. The molecule has 0 bridgehead atoms. The number of allylic oxidation sites excluding steroid dienone is 1. The predicted molar refractivity (Wildman–Crippen MR) is 129 cm³/mol. The van der Waals surface area contributed by atoms with Gasteiger partial charge in [0.25, 0.3) is 0 Å². The van der Waals surface area contributed by atoms with E-state index >= 15 is 0 Å². The van der Waals surface area contributed by atoms with Gasteiger partial charge in [-0.15, -0.1) is 5.10 Å². The van der Waals surface area contributed by atoms with E-state index in [1.165, 1.54) is 0 Å². The maximum absolute atomic E-state index is 6.10. The number of imidazole rings is 1. The minimum Gasteiger partial charge on any atom is -0.363 e. The third-order valence-electron chi connectivity index (χ3n) is 6.01. The topological polar surface area (TPSA) is 115 Å². The van der Waals surface area contributed by atoms with Gasteiger partial charge in [0.05, 0.1) is 23.3 Å². The van der Waals surface area contributed by atoms with Gasteiger partial charge in [0.15, 0.2) is 11.5 Å². The Morgan fingerprint density at radius 2 is 2.03 bits per heavy atom. The quantitative estimate of drug-likeness (QED) is 0.466. The molecule has 1 aliphatic heterocycles. The summed E-state index contributed by atoms with van der Waals surface area (Å²) in [4.78, 5) is 16.2. The van der Waals surface area contributed by atoms with E-state index in [2.05, 4.69) is 37.9 Å². The van der Waals surface area contributed by atoms with E-state index in [1.54, 1.807) is 18.6 Å². The minimum atomic E-state index is 0.234. The van der Waals surface area contributed by atoms with Crippen molar-refractivity contribution in [1.29, 1.82) is 0 Å². The number of rotatable bonds is 6. The van der Waals surface area contributed by atoms with Crippen LogP contribution in [0, 0.1) is 0 Å². The van der Waals surface area contributed by atoms with Crippen LogP contribution in [0.4, 0.5) is 11.8 Å². The summed E-state index contributed by atoms with van der Waals surface area (Å²) in [5.41, 5.74) is 11.4. The fourth-order valence-electron chi connectivity index (χ4n) is 4.11. The zero-order chi connectivity index (χ0) is 22.9. The Bertz CT molecular complexity index is 1300. The highest BCUT2D eigenvalue weighted by molar-refractivity contribution is 5.70. The van der Waals surface area contributed by atoms with Crippen molar-refractivity contribution in [2.45, 2.75) is 32.4 Å². The smallest absolute Gasteiger partial charge is 0.245 e. The molecular formula is C23H28N10. The number of hydrogen-bond acceptors (Lipinski definition) is 8. The summed E-state index contributed by atoms with van der Waals surface area (Å²) in [6, 6.07) is 6.18. The molecular weight excluding hydrogens is 416 g/mol. The Morgan fingerprint density at radius 1 is 1.21 bits per heavy atom. The molecule has 4 aromatic rings. The number of piperidine rings is 1. The van der Waals surface area contributed by atoms with E-state index in [-0.39, 0.29) is 6.04 Å². The maximum Gasteiger partial charge on any atom is 0.245 e. The largest absolute Gasteiger partial charge is 0.363 e. The average molecular weight is 445 g/mol. The molecule has 0 aliphatic carbocycles. The summed E-state index contributed by atoms with van der Waals surface area (Å²) >= 11 is 0. The normalized spacial score (nSPS) is 14.7. The van der Waals surface area contributed by atoms with Crippen molar-refractivity contribution in [3.63, 3.8) is 0 Å². The van der Waals surface area contributed by atoms with Crippen LogP contribution in [0.15, 0.2) is 43.4 Å². The number of aryl methyl sites for hydroxylation is 1. The fraction of sp³-hybridized carbons (Fsp3) is 0.348. The van der Waals surface area contributed by atoms with Crippen molar-refractivity contribution in [1.82, 2.24) is 34.3 Å². The first kappa shape index (κ1) is 21.1. The zero-order valence-corrected chi connectivity index (χ0v) is 18.9. The average Bonchev–Trinajstić information content (AvgIpc) is 3.44. The van der Waals surface area contributed by atoms with Crippen molar-refractivity contribution >= 4 is 23.0 Å². The predicted octanol–water partition coefficient (Wildman–Crippen LogP) is 2.49. The van der Waals surface area contributed by atoms with Crippen LogP contribution in [0.25, 0.3) is 22.6 Å². The van der Waals surface area contributed by atoms with Crippen molar-refractivity contribution in [2.75, 3.05) is 23.3 Å². The summed E-state index contributed by atoms with van der Waals surface area (Å²) in [6.45, 7) is 8.22. The lowest BCUT2D eigenvalue weighted by Crippen LogP contribution is -2.40. The highest BCUT2D eigenvalue weighted by atomic mass is 15.4. The Kier molecular flexibility index (Phi) is 5.51. The number of hydrogen-bond donors (Lipinski definition) is 2. The molecule has 10 nitrogen and oxygen atoms in total. The molecule has 1 fully saturated rings. The van der Waals surface area contributed by atoms with Crippen LogP contribution in [0.1, 0.15) is 31.0 Å². The third kappa shape index (κ3) is 4.05. The maximum atomic E-state index is 6.10. The molecule has 0 unspecified atom stereocenters. The first-order chi connectivity index (χ1) is 16.0. The van der Waals surface area contributed by atoms with Crippen LogP contribution in [-0.4, -0.2) is 53.5 Å². The van der Waals surface area contributed by atoms with Gasteiger partial charge >= 0.3 is 0 Å². The molecule has 0 radical (unpaired) electrons. The number of aromatic nitrogens is 7. The number of nitrogens with zero attached hydrogens (tertiary/aromatic N) is 8. The lowest BCUT2D eigenvalue weighted by atomic mass is 10.1. The second-order valence-electron chi connectivity index (χ2n) is 8.45. The second kappa shape index (κ2) is 8.62. The standard InChI is InChI=1S/C23H28N10/c1-15(2)19-14-27-22-21(29-23(30-33(19)22)32-11-7-17(24)8-12-32)26-13-16-5-4-9-25-20(16)18-6-10-28-31(18)3/h4-6,9-10,14,17H,1,7-8,11-13,24H2,2-3H3,(H,26,29,30). The summed E-state index contributed by atoms with van der Waals surface area (Å²) in [5, 5.41) is 12.6. The minimum absolute atomic E-state index is 0.234. The first-order valence-corrected chi connectivity index (χ1v) is 11.1. The van der Waals surface area contributed by atoms with Crippen LogP contribution in [0.5, 0.6) is 0 Å². The van der Waals surface area contributed by atoms with Gasteiger partial charge in [0.1, 0.15) is 0 Å². The molecule has 3 N–H and O–H groups in total. The van der Waals surface area contributed by atoms with Crippen molar-refractivity contribution in [2.24, 2.45) is 12.8 Å². The molecule has 0 amide bonds. The summed E-state index contributed by atoms with van der Waals surface area (Å²) in [7, 11) is 1.91. The lowest BCUT2D eigenvalue weighted by molar-refractivity contribution is 0.493. The first-order valence-electron chi connectivity index (χ1n) is 11.1. The molecule has 0 atom stereocenters. The van der Waals surface area contributed by atoms with Gasteiger partial charge in [-0.25, -0.2) is 9.50 Å². The zero-order valence-electron chi connectivity index (χ0n) is 18.9. The fourth-order valence-corrected chi connectivity index (χ4v) is 4.11. The van der Waals surface area contributed by atoms with Gasteiger partial charge in [-0.1, -0.05) is 12.6 Å². The highest BCUT2D eigenvalue weighted by Gasteiger charge is 2.22. The van der Waals surface area contributed by atoms with Gasteiger partial charge in [0.2, 0.25) is 5.95 Å². The molecule has 4 aromatic heterocycles. The van der Waals surface area contributed by atoms with E-state index in [1.807, 2.05) is 35.3 Å². The third-order valence-corrected chi connectivity index (χ3v) is 6.01. The summed E-state index contributed by atoms with van der Waals surface area (Å²) in [6.07, 6.45) is 7.20. The molecule has 170 valence electrons. The molecule has 1 aliphatic rings. The Morgan fingerprint density at radius 3 is 2.76 bits per heavy atom. The van der Waals surface area contributed by atoms with E-state index in [0.717, 1.165) is 54.1 Å². The van der Waals surface area contributed by atoms with Gasteiger partial charge in [-0.05, 0) is 43.0 Å². The molecule has 5 heterocycles. The number of nitrogens with two attached hydrogens (primary N) is 1. The van der Waals surface area contributed by atoms with E-state index in [4.69, 9.17) is 15.8 Å². The van der Waals surface area contributed by atoms with Gasteiger partial charge in [-0.3, -0.25) is 9.67 Å². The molecule has 1 saturated heterocycles. The summed E-state index contributed by atoms with van der Waals surface area (Å²) in [5.74, 6) is 1.33. The van der Waals surface area contributed by atoms with Gasteiger partial charge in [-0.2, -0.15) is 10.1 Å². The Balaban J connectivity index is 1.51. The van der Waals surface area contributed by atoms with Crippen LogP contribution in [0.3, 0.4) is 0 Å². The van der Waals surface area contributed by atoms with E-state index < -0.39 is 0 Å². The van der Waals surface area contributed by atoms with Crippen molar-refractivity contribution in [3.8, 4) is 11.4 Å². The van der Waals surface area contributed by atoms with Crippen LogP contribution < -0.4 is 16.0 Å². The van der Waals surface area contributed by atoms with Crippen molar-refractivity contribution < 1.29 is 0 Å². The van der Waals surface area contributed by atoms with Crippen LogP contribution >= 0.6 is 0 Å². The highest BCUT2D eigenvalue weighted by Crippen LogP contribution is 2.25. The Labute approximate surface area is 192 Å². The molecule has 0 aromatic carbocycles. The Hall–Kier alpha value is -3.79. The molecule has 0 spiro atoms. The van der Waals surface area contributed by atoms with Crippen molar-refractivity contribution in [3.05, 3.63) is 54.6 Å². The van der Waals surface area contributed by atoms with E-state index in [9.17, 15) is 0 Å². The number of pyridine rings is 1. The second-order valence-corrected chi connectivity index (χ2v) is 8.45. The molecule has 10 heteroatoms. The summed E-state index contributed by atoms with van der Waals surface area (Å²) < 4.78 is 3.65. The molecule has 33 heavy (non-hydrogen) atoms. The van der Waals surface area contributed by atoms with Gasteiger partial charge in [0, 0.05) is 45.1 Å². The van der Waals surface area contributed by atoms with Gasteiger partial charge < -0.3 is 16.0 Å². The number of fused-ring (bicyclic) bond motifs is 1. The monoisotopic (exact) mass is 444 g/mol. The number of nitrogens with one attached hydrogen (secondary N) is 1.